The van der Waals surface area contributed by atoms with E-state index in [9.17, 15) is 14.4 Å². The SMILES string of the molecule is CC(CCC(=O)O)NC(=O)CCNC(=O)C1CCCC1. The summed E-state index contributed by atoms with van der Waals surface area (Å²) in [6, 6.07) is -0.163. The summed E-state index contributed by atoms with van der Waals surface area (Å²) in [5.74, 6) is -0.855. The van der Waals surface area contributed by atoms with E-state index < -0.39 is 5.97 Å². The van der Waals surface area contributed by atoms with E-state index in [-0.39, 0.29) is 36.6 Å². The third kappa shape index (κ3) is 6.54. The van der Waals surface area contributed by atoms with Gasteiger partial charge in [-0.05, 0) is 26.2 Å². The van der Waals surface area contributed by atoms with Gasteiger partial charge in [0.1, 0.15) is 0 Å². The summed E-state index contributed by atoms with van der Waals surface area (Å²) in [5.41, 5.74) is 0. The summed E-state index contributed by atoms with van der Waals surface area (Å²) < 4.78 is 0. The Labute approximate surface area is 119 Å². The Hall–Kier alpha value is -1.59. The minimum Gasteiger partial charge on any atom is -0.481 e. The Bertz CT molecular complexity index is 351. The largest absolute Gasteiger partial charge is 0.481 e. The smallest absolute Gasteiger partial charge is 0.303 e. The highest BCUT2D eigenvalue weighted by Gasteiger charge is 2.22. The van der Waals surface area contributed by atoms with Gasteiger partial charge in [0.15, 0.2) is 0 Å². The molecular weight excluding hydrogens is 260 g/mol. The van der Waals surface area contributed by atoms with Gasteiger partial charge in [-0.3, -0.25) is 14.4 Å². The molecule has 20 heavy (non-hydrogen) atoms. The van der Waals surface area contributed by atoms with Crippen molar-refractivity contribution in [3.63, 3.8) is 0 Å². The van der Waals surface area contributed by atoms with Crippen molar-refractivity contribution in [2.24, 2.45) is 5.92 Å². The molecule has 6 heteroatoms. The van der Waals surface area contributed by atoms with Crippen LogP contribution in [0.3, 0.4) is 0 Å². The highest BCUT2D eigenvalue weighted by molar-refractivity contribution is 5.80. The van der Waals surface area contributed by atoms with Gasteiger partial charge in [0.2, 0.25) is 11.8 Å². The van der Waals surface area contributed by atoms with E-state index in [0.717, 1.165) is 25.7 Å². The number of rotatable bonds is 8. The van der Waals surface area contributed by atoms with Gasteiger partial charge >= 0.3 is 5.97 Å². The minimum absolute atomic E-state index is 0.0415. The average molecular weight is 284 g/mol. The Kier molecular flexibility index (Phi) is 7.04. The van der Waals surface area contributed by atoms with E-state index in [4.69, 9.17) is 5.11 Å². The zero-order valence-corrected chi connectivity index (χ0v) is 12.0. The van der Waals surface area contributed by atoms with E-state index in [1.807, 2.05) is 0 Å². The summed E-state index contributed by atoms with van der Waals surface area (Å²) in [6.07, 6.45) is 4.80. The van der Waals surface area contributed by atoms with E-state index in [1.165, 1.54) is 0 Å². The highest BCUT2D eigenvalue weighted by Crippen LogP contribution is 2.24. The molecule has 2 amide bonds. The molecule has 1 fully saturated rings. The Balaban J connectivity index is 2.10. The summed E-state index contributed by atoms with van der Waals surface area (Å²) in [4.78, 5) is 33.7. The van der Waals surface area contributed by atoms with Crippen LogP contribution in [-0.2, 0) is 14.4 Å². The molecule has 1 aliphatic rings. The van der Waals surface area contributed by atoms with Crippen LogP contribution >= 0.6 is 0 Å². The van der Waals surface area contributed by atoms with Gasteiger partial charge < -0.3 is 15.7 Å². The number of hydrogen-bond donors (Lipinski definition) is 3. The molecule has 0 bridgehead atoms. The van der Waals surface area contributed by atoms with Gasteiger partial charge in [-0.2, -0.15) is 0 Å². The number of carbonyl (C=O) groups is 3. The first-order valence-electron chi connectivity index (χ1n) is 7.28. The lowest BCUT2D eigenvalue weighted by Gasteiger charge is -2.13. The maximum atomic E-state index is 11.7. The zero-order valence-electron chi connectivity index (χ0n) is 12.0. The average Bonchev–Trinajstić information content (AvgIpc) is 2.90. The molecule has 3 N–H and O–H groups in total. The number of nitrogens with one attached hydrogen (secondary N) is 2. The Morgan fingerprint density at radius 2 is 1.85 bits per heavy atom. The van der Waals surface area contributed by atoms with Crippen LogP contribution in [0.15, 0.2) is 0 Å². The fourth-order valence-corrected chi connectivity index (χ4v) is 2.39. The third-order valence-corrected chi connectivity index (χ3v) is 3.58. The van der Waals surface area contributed by atoms with Gasteiger partial charge in [-0.1, -0.05) is 12.8 Å². The van der Waals surface area contributed by atoms with Gasteiger partial charge in [0.05, 0.1) is 0 Å². The molecule has 0 radical (unpaired) electrons. The van der Waals surface area contributed by atoms with Crippen molar-refractivity contribution in [1.29, 1.82) is 0 Å². The second-order valence-corrected chi connectivity index (χ2v) is 5.42. The topological polar surface area (TPSA) is 95.5 Å². The van der Waals surface area contributed by atoms with Crippen LogP contribution in [0.2, 0.25) is 0 Å². The van der Waals surface area contributed by atoms with Crippen molar-refractivity contribution >= 4 is 17.8 Å². The first kappa shape index (κ1) is 16.5. The Morgan fingerprint density at radius 1 is 1.20 bits per heavy atom. The highest BCUT2D eigenvalue weighted by atomic mass is 16.4. The van der Waals surface area contributed by atoms with Crippen LogP contribution in [-0.4, -0.2) is 35.5 Å². The maximum absolute atomic E-state index is 11.7. The standard InChI is InChI=1S/C14H24N2O4/c1-10(6-7-13(18)19)16-12(17)8-9-15-14(20)11-4-2-3-5-11/h10-11H,2-9H2,1H3,(H,15,20)(H,16,17)(H,18,19). The first-order chi connectivity index (χ1) is 9.49. The minimum atomic E-state index is -0.866. The number of carbonyl (C=O) groups excluding carboxylic acids is 2. The van der Waals surface area contributed by atoms with E-state index in [2.05, 4.69) is 10.6 Å². The lowest BCUT2D eigenvalue weighted by Crippen LogP contribution is -2.37. The fraction of sp³-hybridized carbons (Fsp3) is 0.786. The second-order valence-electron chi connectivity index (χ2n) is 5.42. The van der Waals surface area contributed by atoms with Crippen molar-refractivity contribution in [2.75, 3.05) is 6.54 Å². The lowest BCUT2D eigenvalue weighted by atomic mass is 10.1. The summed E-state index contributed by atoms with van der Waals surface area (Å²) in [5, 5.41) is 14.1. The fourth-order valence-electron chi connectivity index (χ4n) is 2.39. The molecule has 0 saturated heterocycles. The van der Waals surface area contributed by atoms with E-state index >= 15 is 0 Å². The Morgan fingerprint density at radius 3 is 2.45 bits per heavy atom. The van der Waals surface area contributed by atoms with Crippen molar-refractivity contribution < 1.29 is 19.5 Å². The van der Waals surface area contributed by atoms with Crippen LogP contribution < -0.4 is 10.6 Å². The predicted octanol–water partition coefficient (Wildman–Crippen LogP) is 1.05. The molecule has 0 aromatic carbocycles. The van der Waals surface area contributed by atoms with E-state index in [1.54, 1.807) is 6.92 Å². The van der Waals surface area contributed by atoms with Gasteiger partial charge in [-0.25, -0.2) is 0 Å². The van der Waals surface area contributed by atoms with Crippen LogP contribution in [0.1, 0.15) is 51.9 Å². The molecule has 0 spiro atoms. The third-order valence-electron chi connectivity index (χ3n) is 3.58. The molecule has 1 unspecified atom stereocenters. The molecule has 0 heterocycles. The van der Waals surface area contributed by atoms with E-state index in [0.29, 0.717) is 13.0 Å². The van der Waals surface area contributed by atoms with Crippen LogP contribution in [0.25, 0.3) is 0 Å². The molecule has 1 saturated carbocycles. The first-order valence-corrected chi connectivity index (χ1v) is 7.28. The van der Waals surface area contributed by atoms with Crippen LogP contribution in [0, 0.1) is 5.92 Å². The molecule has 1 aliphatic carbocycles. The quantitative estimate of drug-likeness (QED) is 0.621. The van der Waals surface area contributed by atoms with Gasteiger partial charge in [0, 0.05) is 31.3 Å². The number of aliphatic carboxylic acids is 1. The van der Waals surface area contributed by atoms with Crippen molar-refractivity contribution in [3.05, 3.63) is 0 Å². The predicted molar refractivity (Wildman–Crippen MR) is 74.1 cm³/mol. The number of carboxylic acid groups (broad SMARTS) is 1. The molecule has 0 aromatic heterocycles. The number of amides is 2. The number of hydrogen-bond acceptors (Lipinski definition) is 3. The second kappa shape index (κ2) is 8.55. The summed E-state index contributed by atoms with van der Waals surface area (Å²) in [7, 11) is 0. The molecule has 0 aromatic rings. The lowest BCUT2D eigenvalue weighted by molar-refractivity contribution is -0.137. The van der Waals surface area contributed by atoms with Crippen LogP contribution in [0.5, 0.6) is 0 Å². The molecule has 114 valence electrons. The monoisotopic (exact) mass is 284 g/mol. The van der Waals surface area contributed by atoms with Crippen molar-refractivity contribution in [2.45, 2.75) is 57.9 Å². The molecule has 6 nitrogen and oxygen atoms in total. The normalized spacial score (nSPS) is 16.6. The summed E-state index contributed by atoms with van der Waals surface area (Å²) in [6.45, 7) is 2.12. The maximum Gasteiger partial charge on any atom is 0.303 e. The zero-order chi connectivity index (χ0) is 15.0. The van der Waals surface area contributed by atoms with Crippen LogP contribution in [0.4, 0.5) is 0 Å². The van der Waals surface area contributed by atoms with Crippen molar-refractivity contribution in [3.8, 4) is 0 Å². The molecule has 1 atom stereocenters. The van der Waals surface area contributed by atoms with Crippen molar-refractivity contribution in [1.82, 2.24) is 10.6 Å². The molecular formula is C14H24N2O4. The molecule has 1 rings (SSSR count). The van der Waals surface area contributed by atoms with Gasteiger partial charge in [-0.15, -0.1) is 0 Å². The molecule has 0 aliphatic heterocycles. The number of carboxylic acids is 1. The van der Waals surface area contributed by atoms with Gasteiger partial charge in [0.25, 0.3) is 0 Å². The summed E-state index contributed by atoms with van der Waals surface area (Å²) >= 11 is 0.